The van der Waals surface area contributed by atoms with E-state index >= 15 is 0 Å². The van der Waals surface area contributed by atoms with Crippen LogP contribution in [0.4, 0.5) is 0 Å². The number of benzene rings is 1. The first-order chi connectivity index (χ1) is 7.89. The van der Waals surface area contributed by atoms with Crippen LogP contribution >= 0.6 is 0 Å². The molecule has 90 valence electrons. The first kappa shape index (κ1) is 12.0. The molecule has 0 aliphatic heterocycles. The standard InChI is InChI=1S/C13H15NO2S/c1-9(2)11-8-10-6-4-5-7-12(10)14-13(11)17(3,15)16/h4-9H,1-3H3. The number of sulfone groups is 1. The van der Waals surface area contributed by atoms with Gasteiger partial charge in [-0.25, -0.2) is 13.4 Å². The molecule has 0 atom stereocenters. The quantitative estimate of drug-likeness (QED) is 0.822. The van der Waals surface area contributed by atoms with E-state index in [2.05, 4.69) is 4.98 Å². The van der Waals surface area contributed by atoms with Gasteiger partial charge in [0.2, 0.25) is 0 Å². The molecule has 0 aliphatic rings. The fourth-order valence-corrected chi connectivity index (χ4v) is 2.81. The maximum atomic E-state index is 11.7. The van der Waals surface area contributed by atoms with Crippen molar-refractivity contribution < 1.29 is 8.42 Å². The van der Waals surface area contributed by atoms with E-state index in [1.165, 1.54) is 6.26 Å². The monoisotopic (exact) mass is 249 g/mol. The predicted octanol–water partition coefficient (Wildman–Crippen LogP) is 2.76. The van der Waals surface area contributed by atoms with E-state index in [4.69, 9.17) is 0 Å². The fraction of sp³-hybridized carbons (Fsp3) is 0.308. The third-order valence-electron chi connectivity index (χ3n) is 2.69. The summed E-state index contributed by atoms with van der Waals surface area (Å²) in [4.78, 5) is 4.28. The number of fused-ring (bicyclic) bond motifs is 1. The molecule has 2 aromatic rings. The normalized spacial score (nSPS) is 12.2. The lowest BCUT2D eigenvalue weighted by Gasteiger charge is -2.11. The van der Waals surface area contributed by atoms with Crippen LogP contribution in [0.15, 0.2) is 35.4 Å². The summed E-state index contributed by atoms with van der Waals surface area (Å²) >= 11 is 0. The topological polar surface area (TPSA) is 47.0 Å². The summed E-state index contributed by atoms with van der Waals surface area (Å²) in [5, 5.41) is 1.18. The van der Waals surface area contributed by atoms with Crippen LogP contribution in [0.2, 0.25) is 0 Å². The van der Waals surface area contributed by atoms with E-state index in [0.29, 0.717) is 0 Å². The van der Waals surface area contributed by atoms with Gasteiger partial charge in [-0.15, -0.1) is 0 Å². The molecule has 2 rings (SSSR count). The van der Waals surface area contributed by atoms with Gasteiger partial charge in [0.15, 0.2) is 14.9 Å². The molecule has 1 heterocycles. The van der Waals surface area contributed by atoms with Gasteiger partial charge >= 0.3 is 0 Å². The first-order valence-corrected chi connectivity index (χ1v) is 7.38. The van der Waals surface area contributed by atoms with Crippen LogP contribution in [0.3, 0.4) is 0 Å². The lowest BCUT2D eigenvalue weighted by molar-refractivity contribution is 0.595. The van der Waals surface area contributed by atoms with Crippen LogP contribution < -0.4 is 0 Å². The van der Waals surface area contributed by atoms with E-state index in [9.17, 15) is 8.42 Å². The zero-order valence-corrected chi connectivity index (χ0v) is 11.0. The number of para-hydroxylation sites is 1. The summed E-state index contributed by atoms with van der Waals surface area (Å²) in [6.45, 7) is 3.95. The van der Waals surface area contributed by atoms with Crippen LogP contribution in [-0.2, 0) is 9.84 Å². The molecule has 0 bridgehead atoms. The average molecular weight is 249 g/mol. The Labute approximate surface area is 101 Å². The molecule has 0 amide bonds. The highest BCUT2D eigenvalue weighted by Gasteiger charge is 2.18. The zero-order chi connectivity index (χ0) is 12.6. The van der Waals surface area contributed by atoms with Crippen molar-refractivity contribution in [3.8, 4) is 0 Å². The molecule has 0 saturated heterocycles. The number of rotatable bonds is 2. The Bertz CT molecular complexity index is 660. The Morgan fingerprint density at radius 2 is 1.82 bits per heavy atom. The summed E-state index contributed by atoms with van der Waals surface area (Å²) in [5.74, 6) is 0.136. The largest absolute Gasteiger partial charge is 0.236 e. The maximum absolute atomic E-state index is 11.7. The molecule has 3 nitrogen and oxygen atoms in total. The Hall–Kier alpha value is -1.42. The van der Waals surface area contributed by atoms with Gasteiger partial charge in [-0.1, -0.05) is 32.0 Å². The highest BCUT2D eigenvalue weighted by molar-refractivity contribution is 7.90. The molecule has 0 saturated carbocycles. The second kappa shape index (κ2) is 4.11. The van der Waals surface area contributed by atoms with E-state index in [-0.39, 0.29) is 10.9 Å². The Morgan fingerprint density at radius 3 is 2.41 bits per heavy atom. The van der Waals surface area contributed by atoms with Crippen molar-refractivity contribution in [1.82, 2.24) is 4.98 Å². The van der Waals surface area contributed by atoms with Crippen molar-refractivity contribution in [2.75, 3.05) is 6.26 Å². The van der Waals surface area contributed by atoms with Crippen molar-refractivity contribution in [2.45, 2.75) is 24.8 Å². The average Bonchev–Trinajstić information content (AvgIpc) is 2.26. The molecule has 17 heavy (non-hydrogen) atoms. The third kappa shape index (κ3) is 2.31. The Kier molecular flexibility index (Phi) is 2.91. The molecule has 0 fully saturated rings. The summed E-state index contributed by atoms with van der Waals surface area (Å²) < 4.78 is 23.5. The van der Waals surface area contributed by atoms with Gasteiger partial charge in [0.25, 0.3) is 0 Å². The fourth-order valence-electron chi connectivity index (χ4n) is 1.83. The molecule has 0 radical (unpaired) electrons. The Morgan fingerprint density at radius 1 is 1.18 bits per heavy atom. The molecule has 1 aromatic heterocycles. The molecular weight excluding hydrogens is 234 g/mol. The van der Waals surface area contributed by atoms with Crippen molar-refractivity contribution >= 4 is 20.7 Å². The van der Waals surface area contributed by atoms with Crippen LogP contribution in [0.25, 0.3) is 10.9 Å². The minimum absolute atomic E-state index is 0.136. The number of nitrogens with zero attached hydrogens (tertiary/aromatic N) is 1. The molecule has 0 aliphatic carbocycles. The molecule has 1 aromatic carbocycles. The maximum Gasteiger partial charge on any atom is 0.193 e. The van der Waals surface area contributed by atoms with Crippen LogP contribution in [0, 0.1) is 0 Å². The number of hydrogen-bond donors (Lipinski definition) is 0. The second-order valence-corrected chi connectivity index (χ2v) is 6.43. The predicted molar refractivity (Wildman–Crippen MR) is 68.9 cm³/mol. The van der Waals surface area contributed by atoms with Crippen LogP contribution in [0.1, 0.15) is 25.3 Å². The summed E-state index contributed by atoms with van der Waals surface area (Å²) in [7, 11) is -3.28. The van der Waals surface area contributed by atoms with E-state index in [1.807, 2.05) is 44.2 Å². The first-order valence-electron chi connectivity index (χ1n) is 5.49. The van der Waals surface area contributed by atoms with Crippen LogP contribution in [0.5, 0.6) is 0 Å². The molecule has 0 spiro atoms. The highest BCUT2D eigenvalue weighted by atomic mass is 32.2. The van der Waals surface area contributed by atoms with Gasteiger partial charge in [0, 0.05) is 11.6 Å². The molecule has 0 unspecified atom stereocenters. The second-order valence-electron chi connectivity index (χ2n) is 4.50. The summed E-state index contributed by atoms with van der Waals surface area (Å²) in [6, 6.07) is 9.47. The van der Waals surface area contributed by atoms with Gasteiger partial charge in [-0.2, -0.15) is 0 Å². The van der Waals surface area contributed by atoms with Gasteiger partial charge in [-0.3, -0.25) is 0 Å². The Balaban J connectivity index is 2.85. The van der Waals surface area contributed by atoms with E-state index in [0.717, 1.165) is 16.5 Å². The van der Waals surface area contributed by atoms with E-state index < -0.39 is 9.84 Å². The highest BCUT2D eigenvalue weighted by Crippen LogP contribution is 2.26. The third-order valence-corrected chi connectivity index (χ3v) is 3.72. The van der Waals surface area contributed by atoms with Crippen LogP contribution in [-0.4, -0.2) is 19.7 Å². The van der Waals surface area contributed by atoms with Gasteiger partial charge in [0.1, 0.15) is 0 Å². The van der Waals surface area contributed by atoms with Gasteiger partial charge < -0.3 is 0 Å². The minimum atomic E-state index is -3.28. The zero-order valence-electron chi connectivity index (χ0n) is 10.1. The summed E-state index contributed by atoms with van der Waals surface area (Å²) in [5.41, 5.74) is 1.50. The van der Waals surface area contributed by atoms with E-state index in [1.54, 1.807) is 0 Å². The van der Waals surface area contributed by atoms with Crippen molar-refractivity contribution in [3.63, 3.8) is 0 Å². The minimum Gasteiger partial charge on any atom is -0.236 e. The van der Waals surface area contributed by atoms with Gasteiger partial charge in [0.05, 0.1) is 5.52 Å². The van der Waals surface area contributed by atoms with Crippen molar-refractivity contribution in [2.24, 2.45) is 0 Å². The summed E-state index contributed by atoms with van der Waals surface area (Å²) in [6.07, 6.45) is 1.20. The van der Waals surface area contributed by atoms with Gasteiger partial charge in [-0.05, 0) is 23.6 Å². The van der Waals surface area contributed by atoms with Crippen molar-refractivity contribution in [1.29, 1.82) is 0 Å². The lowest BCUT2D eigenvalue weighted by atomic mass is 10.0. The molecule has 4 heteroatoms. The number of aromatic nitrogens is 1. The molecular formula is C13H15NO2S. The number of hydrogen-bond acceptors (Lipinski definition) is 3. The SMILES string of the molecule is CC(C)c1cc2ccccc2nc1S(C)(=O)=O. The lowest BCUT2D eigenvalue weighted by Crippen LogP contribution is -2.07. The van der Waals surface area contributed by atoms with Crippen molar-refractivity contribution in [3.05, 3.63) is 35.9 Å². The molecule has 0 N–H and O–H groups in total. The number of pyridine rings is 1. The smallest absolute Gasteiger partial charge is 0.193 e.